The first-order chi connectivity index (χ1) is 18.0. The van der Waals surface area contributed by atoms with E-state index in [0.717, 1.165) is 0 Å². The van der Waals surface area contributed by atoms with Gasteiger partial charge in [-0.05, 0) is 25.0 Å². The molecule has 0 atom stereocenters. The maximum absolute atomic E-state index is 14.4. The van der Waals surface area contributed by atoms with Gasteiger partial charge in [0.25, 0.3) is 5.91 Å². The van der Waals surface area contributed by atoms with Crippen LogP contribution >= 0.6 is 0 Å². The Morgan fingerprint density at radius 3 is 2.73 bits per heavy atom. The molecule has 1 aromatic rings. The van der Waals surface area contributed by atoms with Gasteiger partial charge in [-0.25, -0.2) is 4.39 Å². The number of rotatable bonds is 14. The number of carbonyl (C=O) groups is 2. The fourth-order valence-electron chi connectivity index (χ4n) is 3.78. The van der Waals surface area contributed by atoms with Crippen LogP contribution in [-0.2, 0) is 28.5 Å². The number of nitrogens with zero attached hydrogens (tertiary/aromatic N) is 1. The molecule has 1 fully saturated rings. The second kappa shape index (κ2) is 15.4. The molecule has 2 aliphatic rings. The molecule has 1 N–H and O–H groups in total. The molecule has 0 spiro atoms. The number of aliphatic hydroxyl groups is 1. The summed E-state index contributed by atoms with van der Waals surface area (Å²) in [7, 11) is 1.70. The molecule has 0 bridgehead atoms. The lowest BCUT2D eigenvalue weighted by Crippen LogP contribution is -2.35. The maximum atomic E-state index is 14.4. The zero-order chi connectivity index (χ0) is 26.5. The summed E-state index contributed by atoms with van der Waals surface area (Å²) in [5.41, 5.74) is 1.41. The van der Waals surface area contributed by atoms with Gasteiger partial charge in [-0.1, -0.05) is 30.4 Å². The number of benzene rings is 1. The summed E-state index contributed by atoms with van der Waals surface area (Å²) in [5.74, 6) is -0.609. The summed E-state index contributed by atoms with van der Waals surface area (Å²) in [6.07, 6.45) is 7.81. The van der Waals surface area contributed by atoms with Gasteiger partial charge in [-0.2, -0.15) is 0 Å². The number of hydrogen-bond donors (Lipinski definition) is 1. The smallest absolute Gasteiger partial charge is 0.250 e. The molecular weight excluding hydrogens is 485 g/mol. The van der Waals surface area contributed by atoms with Crippen molar-refractivity contribution in [1.29, 1.82) is 0 Å². The van der Waals surface area contributed by atoms with Gasteiger partial charge in [0.05, 0.1) is 33.0 Å². The van der Waals surface area contributed by atoms with Gasteiger partial charge in [-0.3, -0.25) is 9.59 Å². The fraction of sp³-hybridized carbons (Fsp3) is 0.481. The van der Waals surface area contributed by atoms with Crippen molar-refractivity contribution in [3.05, 3.63) is 65.0 Å². The number of aldehydes is 1. The number of likely N-dealkylation sites (N-methyl/N-ethyl adjacent to an activating group) is 1. The minimum atomic E-state index is -0.706. The van der Waals surface area contributed by atoms with Gasteiger partial charge in [0.15, 0.2) is 24.1 Å². The van der Waals surface area contributed by atoms with E-state index in [1.807, 2.05) is 12.2 Å². The molecule has 1 heterocycles. The molecule has 1 amide bonds. The first-order valence-electron chi connectivity index (χ1n) is 12.3. The van der Waals surface area contributed by atoms with Gasteiger partial charge in [-0.15, -0.1) is 0 Å². The lowest BCUT2D eigenvalue weighted by molar-refractivity contribution is -0.230. The molecule has 1 aliphatic carbocycles. The summed E-state index contributed by atoms with van der Waals surface area (Å²) in [6.45, 7) is 2.00. The Morgan fingerprint density at radius 2 is 2.00 bits per heavy atom. The molecule has 0 unspecified atom stereocenters. The normalized spacial score (nSPS) is 19.5. The summed E-state index contributed by atoms with van der Waals surface area (Å²) >= 11 is 0. The van der Waals surface area contributed by atoms with Crippen LogP contribution in [0.4, 0.5) is 4.39 Å². The largest absolute Gasteiger partial charge is 0.488 e. The molecule has 9 nitrogen and oxygen atoms in total. The van der Waals surface area contributed by atoms with Crippen LogP contribution in [0.1, 0.15) is 24.7 Å². The molecule has 1 aliphatic heterocycles. The molecule has 37 heavy (non-hydrogen) atoms. The van der Waals surface area contributed by atoms with Crippen molar-refractivity contribution in [3.8, 4) is 5.75 Å². The molecule has 0 radical (unpaired) electrons. The summed E-state index contributed by atoms with van der Waals surface area (Å²) < 4.78 is 42.0. The third kappa shape index (κ3) is 8.87. The predicted molar refractivity (Wildman–Crippen MR) is 132 cm³/mol. The molecule has 1 saturated heterocycles. The van der Waals surface area contributed by atoms with Crippen molar-refractivity contribution in [3.63, 3.8) is 0 Å². The van der Waals surface area contributed by atoms with E-state index in [2.05, 4.69) is 0 Å². The number of carbonyl (C=O) groups excluding carboxylic acids is 2. The first kappa shape index (κ1) is 28.7. The standard InChI is InChI=1S/C27H34FNO8/c1-29(26(32)23-7-4-2-3-6-21(23)17-31)10-5-12-34-22-18-36-27(37-19-22)20-8-9-25(24(28)16-20)35-15-14-33-13-11-30/h2-4,6,8-9,16-17,22,27,30H,5,7,10-15,18-19H2,1H3. The highest BCUT2D eigenvalue weighted by Gasteiger charge is 2.25. The second-order valence-electron chi connectivity index (χ2n) is 8.49. The molecule has 202 valence electrons. The highest BCUT2D eigenvalue weighted by molar-refractivity contribution is 6.00. The van der Waals surface area contributed by atoms with Crippen molar-refractivity contribution in [1.82, 2.24) is 4.90 Å². The van der Waals surface area contributed by atoms with Crippen LogP contribution in [0.25, 0.3) is 0 Å². The van der Waals surface area contributed by atoms with Crippen molar-refractivity contribution >= 4 is 12.2 Å². The number of halogens is 1. The van der Waals surface area contributed by atoms with Crippen molar-refractivity contribution in [2.75, 3.05) is 59.8 Å². The van der Waals surface area contributed by atoms with Crippen LogP contribution in [0.2, 0.25) is 0 Å². The van der Waals surface area contributed by atoms with Crippen LogP contribution < -0.4 is 4.74 Å². The number of amides is 1. The lowest BCUT2D eigenvalue weighted by atomic mass is 10.1. The molecule has 0 aromatic heterocycles. The maximum Gasteiger partial charge on any atom is 0.250 e. The van der Waals surface area contributed by atoms with Crippen LogP contribution in [0, 0.1) is 5.82 Å². The third-order valence-electron chi connectivity index (χ3n) is 5.73. The van der Waals surface area contributed by atoms with E-state index >= 15 is 0 Å². The van der Waals surface area contributed by atoms with Crippen LogP contribution in [-0.4, -0.2) is 88.1 Å². The zero-order valence-electron chi connectivity index (χ0n) is 21.0. The van der Waals surface area contributed by atoms with Crippen molar-refractivity contribution < 1.29 is 42.8 Å². The Kier molecular flexibility index (Phi) is 11.9. The number of aliphatic hydroxyl groups excluding tert-OH is 1. The number of hydrogen-bond acceptors (Lipinski definition) is 8. The van der Waals surface area contributed by atoms with Crippen LogP contribution in [0.15, 0.2) is 53.6 Å². The first-order valence-corrected chi connectivity index (χ1v) is 12.3. The van der Waals surface area contributed by atoms with Gasteiger partial charge >= 0.3 is 0 Å². The average molecular weight is 520 g/mol. The van der Waals surface area contributed by atoms with Gasteiger partial charge < -0.3 is 33.7 Å². The Hall–Kier alpha value is -2.89. The van der Waals surface area contributed by atoms with E-state index in [-0.39, 0.29) is 57.4 Å². The monoisotopic (exact) mass is 519 g/mol. The van der Waals surface area contributed by atoms with Crippen molar-refractivity contribution in [2.24, 2.45) is 0 Å². The van der Waals surface area contributed by atoms with E-state index < -0.39 is 12.1 Å². The van der Waals surface area contributed by atoms with Crippen LogP contribution in [0.3, 0.4) is 0 Å². The van der Waals surface area contributed by atoms with E-state index in [1.54, 1.807) is 30.2 Å². The van der Waals surface area contributed by atoms with E-state index in [0.29, 0.717) is 49.0 Å². The van der Waals surface area contributed by atoms with E-state index in [4.69, 9.17) is 28.8 Å². The molecule has 10 heteroatoms. The van der Waals surface area contributed by atoms with Gasteiger partial charge in [0.2, 0.25) is 0 Å². The summed E-state index contributed by atoms with van der Waals surface area (Å²) in [5, 5.41) is 8.67. The highest BCUT2D eigenvalue weighted by atomic mass is 19.1. The number of ether oxygens (including phenoxy) is 5. The number of allylic oxidation sites excluding steroid dienone is 5. The average Bonchev–Trinajstić information content (AvgIpc) is 3.17. The fourth-order valence-corrected chi connectivity index (χ4v) is 3.78. The second-order valence-corrected chi connectivity index (χ2v) is 8.49. The SMILES string of the molecule is CN(CCCOC1COC(c2ccc(OCCOCCO)c(F)c2)OC1)C(=O)C1=C(C=O)C=CC=CC1. The Balaban J connectivity index is 1.36. The highest BCUT2D eigenvalue weighted by Crippen LogP contribution is 2.28. The summed E-state index contributed by atoms with van der Waals surface area (Å²) in [4.78, 5) is 25.6. The molecular formula is C27H34FNO8. The summed E-state index contributed by atoms with van der Waals surface area (Å²) in [6, 6.07) is 4.50. The minimum absolute atomic E-state index is 0.0757. The molecule has 3 rings (SSSR count). The minimum Gasteiger partial charge on any atom is -0.488 e. The predicted octanol–water partition coefficient (Wildman–Crippen LogP) is 2.50. The quantitative estimate of drug-likeness (QED) is 0.296. The van der Waals surface area contributed by atoms with E-state index in [1.165, 1.54) is 12.1 Å². The molecule has 1 aromatic carbocycles. The van der Waals surface area contributed by atoms with E-state index in [9.17, 15) is 14.0 Å². The third-order valence-corrected chi connectivity index (χ3v) is 5.73. The van der Waals surface area contributed by atoms with Crippen LogP contribution in [0.5, 0.6) is 5.75 Å². The topological polar surface area (TPSA) is 104 Å². The Labute approximate surface area is 216 Å². The van der Waals surface area contributed by atoms with Crippen molar-refractivity contribution in [2.45, 2.75) is 25.2 Å². The Morgan fingerprint density at radius 1 is 1.19 bits per heavy atom. The van der Waals surface area contributed by atoms with Gasteiger partial charge in [0.1, 0.15) is 12.7 Å². The van der Waals surface area contributed by atoms with Gasteiger partial charge in [0, 0.05) is 36.9 Å². The zero-order valence-corrected chi connectivity index (χ0v) is 21.0. The lowest BCUT2D eigenvalue weighted by Gasteiger charge is -2.30. The molecule has 0 saturated carbocycles. The Bertz CT molecular complexity index is 985.